The number of aromatic nitrogens is 2. The van der Waals surface area contributed by atoms with Gasteiger partial charge in [-0.25, -0.2) is 0 Å². The van der Waals surface area contributed by atoms with Gasteiger partial charge >= 0.3 is 0 Å². The molecular formula is C19H25N3O. The number of nitrogens with zero attached hydrogens (tertiary/aromatic N) is 3. The normalized spacial score (nSPS) is 15.8. The number of hydrogen-bond acceptors (Lipinski definition) is 2. The molecular weight excluding hydrogens is 286 g/mol. The number of benzene rings is 1. The average Bonchev–Trinajstić information content (AvgIpc) is 2.98. The summed E-state index contributed by atoms with van der Waals surface area (Å²) in [6, 6.07) is 10.3. The van der Waals surface area contributed by atoms with Crippen molar-refractivity contribution >= 4 is 5.91 Å². The van der Waals surface area contributed by atoms with Crippen LogP contribution in [0.15, 0.2) is 36.5 Å². The Hall–Kier alpha value is -2.10. The van der Waals surface area contributed by atoms with E-state index in [1.807, 2.05) is 27.8 Å². The number of carbonyl (C=O) groups excluding carboxylic acids is 1. The summed E-state index contributed by atoms with van der Waals surface area (Å²) in [5.74, 6) is 0.874. The van der Waals surface area contributed by atoms with Crippen LogP contribution in [0.2, 0.25) is 0 Å². The lowest BCUT2D eigenvalue weighted by molar-refractivity contribution is 0.0696. The van der Waals surface area contributed by atoms with Gasteiger partial charge in [0, 0.05) is 13.1 Å². The molecule has 0 saturated carbocycles. The first-order valence-electron chi connectivity index (χ1n) is 8.57. The molecule has 0 aliphatic carbocycles. The first-order valence-corrected chi connectivity index (χ1v) is 8.57. The molecule has 1 aliphatic rings. The van der Waals surface area contributed by atoms with E-state index in [0.29, 0.717) is 6.54 Å². The Morgan fingerprint density at radius 3 is 2.57 bits per heavy atom. The van der Waals surface area contributed by atoms with Gasteiger partial charge in [0.05, 0.1) is 24.0 Å². The fraction of sp³-hybridized carbons (Fsp3) is 0.474. The summed E-state index contributed by atoms with van der Waals surface area (Å²) >= 11 is 0. The van der Waals surface area contributed by atoms with Crippen LogP contribution in [0.3, 0.4) is 0 Å². The SMILES string of the molecule is CCc1c(C(=O)N2CCC(C)CC2)cnn1Cc1ccccc1. The van der Waals surface area contributed by atoms with E-state index in [1.54, 1.807) is 6.20 Å². The highest BCUT2D eigenvalue weighted by atomic mass is 16.2. The molecule has 2 heterocycles. The van der Waals surface area contributed by atoms with Crippen LogP contribution in [0, 0.1) is 5.92 Å². The maximum absolute atomic E-state index is 12.8. The smallest absolute Gasteiger partial charge is 0.257 e. The van der Waals surface area contributed by atoms with Gasteiger partial charge < -0.3 is 4.90 Å². The summed E-state index contributed by atoms with van der Waals surface area (Å²) in [6.07, 6.45) is 4.77. The van der Waals surface area contributed by atoms with Gasteiger partial charge in [0.25, 0.3) is 5.91 Å². The summed E-state index contributed by atoms with van der Waals surface area (Å²) in [6.45, 7) is 6.80. The largest absolute Gasteiger partial charge is 0.339 e. The monoisotopic (exact) mass is 311 g/mol. The molecule has 1 amide bonds. The van der Waals surface area contributed by atoms with E-state index in [4.69, 9.17) is 0 Å². The van der Waals surface area contributed by atoms with E-state index in [0.717, 1.165) is 49.5 Å². The van der Waals surface area contributed by atoms with E-state index < -0.39 is 0 Å². The molecule has 1 fully saturated rings. The van der Waals surface area contributed by atoms with Gasteiger partial charge in [-0.05, 0) is 30.7 Å². The van der Waals surface area contributed by atoms with Gasteiger partial charge in [-0.2, -0.15) is 5.10 Å². The molecule has 1 aromatic heterocycles. The summed E-state index contributed by atoms with van der Waals surface area (Å²) in [4.78, 5) is 14.8. The number of carbonyl (C=O) groups is 1. The highest BCUT2D eigenvalue weighted by Gasteiger charge is 2.25. The Morgan fingerprint density at radius 2 is 1.91 bits per heavy atom. The predicted octanol–water partition coefficient (Wildman–Crippen LogP) is 3.37. The van der Waals surface area contributed by atoms with Crippen molar-refractivity contribution in [1.82, 2.24) is 14.7 Å². The zero-order valence-corrected chi connectivity index (χ0v) is 14.0. The molecule has 0 N–H and O–H groups in total. The van der Waals surface area contributed by atoms with Crippen LogP contribution in [0.25, 0.3) is 0 Å². The highest BCUT2D eigenvalue weighted by Crippen LogP contribution is 2.20. The van der Waals surface area contributed by atoms with Crippen LogP contribution in [-0.4, -0.2) is 33.7 Å². The molecule has 3 rings (SSSR count). The van der Waals surface area contributed by atoms with Gasteiger partial charge in [-0.15, -0.1) is 0 Å². The van der Waals surface area contributed by atoms with E-state index in [1.165, 1.54) is 5.56 Å². The second-order valence-electron chi connectivity index (χ2n) is 6.48. The molecule has 0 unspecified atom stereocenters. The third-order valence-corrected chi connectivity index (χ3v) is 4.76. The lowest BCUT2D eigenvalue weighted by Gasteiger charge is -2.30. The minimum absolute atomic E-state index is 0.146. The first-order chi connectivity index (χ1) is 11.2. The number of likely N-dealkylation sites (tertiary alicyclic amines) is 1. The zero-order chi connectivity index (χ0) is 16.2. The van der Waals surface area contributed by atoms with Crippen LogP contribution in [0.4, 0.5) is 0 Å². The molecule has 4 heteroatoms. The van der Waals surface area contributed by atoms with Crippen LogP contribution >= 0.6 is 0 Å². The Morgan fingerprint density at radius 1 is 1.22 bits per heavy atom. The second-order valence-corrected chi connectivity index (χ2v) is 6.48. The van der Waals surface area contributed by atoms with Gasteiger partial charge in [0.1, 0.15) is 0 Å². The third kappa shape index (κ3) is 3.46. The Bertz CT molecular complexity index is 655. The summed E-state index contributed by atoms with van der Waals surface area (Å²) in [7, 11) is 0. The van der Waals surface area contributed by atoms with Gasteiger partial charge in [0.15, 0.2) is 0 Å². The lowest BCUT2D eigenvalue weighted by atomic mass is 9.98. The summed E-state index contributed by atoms with van der Waals surface area (Å²) < 4.78 is 1.97. The molecule has 2 aromatic rings. The third-order valence-electron chi connectivity index (χ3n) is 4.76. The maximum Gasteiger partial charge on any atom is 0.257 e. The Balaban J connectivity index is 1.79. The second kappa shape index (κ2) is 6.99. The summed E-state index contributed by atoms with van der Waals surface area (Å²) in [5, 5.41) is 4.48. The van der Waals surface area contributed by atoms with Crippen molar-refractivity contribution in [2.75, 3.05) is 13.1 Å². The van der Waals surface area contributed by atoms with Crippen molar-refractivity contribution in [3.63, 3.8) is 0 Å². The minimum atomic E-state index is 0.146. The Labute approximate surface area is 138 Å². The molecule has 1 aliphatic heterocycles. The van der Waals surface area contributed by atoms with Crippen molar-refractivity contribution in [1.29, 1.82) is 0 Å². The lowest BCUT2D eigenvalue weighted by Crippen LogP contribution is -2.38. The quantitative estimate of drug-likeness (QED) is 0.868. The zero-order valence-electron chi connectivity index (χ0n) is 14.0. The van der Waals surface area contributed by atoms with Crippen molar-refractivity contribution < 1.29 is 4.79 Å². The van der Waals surface area contributed by atoms with Crippen LogP contribution in [-0.2, 0) is 13.0 Å². The number of amides is 1. The van der Waals surface area contributed by atoms with E-state index >= 15 is 0 Å². The fourth-order valence-electron chi connectivity index (χ4n) is 3.24. The van der Waals surface area contributed by atoms with Gasteiger partial charge in [0.2, 0.25) is 0 Å². The molecule has 0 bridgehead atoms. The Kier molecular flexibility index (Phi) is 4.79. The molecule has 23 heavy (non-hydrogen) atoms. The van der Waals surface area contributed by atoms with Crippen molar-refractivity contribution in [3.8, 4) is 0 Å². The van der Waals surface area contributed by atoms with Gasteiger partial charge in [-0.1, -0.05) is 44.2 Å². The fourth-order valence-corrected chi connectivity index (χ4v) is 3.24. The van der Waals surface area contributed by atoms with E-state index in [9.17, 15) is 4.79 Å². The molecule has 0 spiro atoms. The van der Waals surface area contributed by atoms with E-state index in [-0.39, 0.29) is 5.91 Å². The van der Waals surface area contributed by atoms with Crippen LogP contribution in [0.5, 0.6) is 0 Å². The molecule has 0 radical (unpaired) electrons. The van der Waals surface area contributed by atoms with Crippen molar-refractivity contribution in [3.05, 3.63) is 53.3 Å². The van der Waals surface area contributed by atoms with Crippen LogP contribution < -0.4 is 0 Å². The molecule has 1 aromatic carbocycles. The minimum Gasteiger partial charge on any atom is -0.339 e. The summed E-state index contributed by atoms with van der Waals surface area (Å²) in [5.41, 5.74) is 3.02. The standard InChI is InChI=1S/C19H25N3O/c1-3-18-17(19(23)21-11-9-15(2)10-12-21)13-20-22(18)14-16-7-5-4-6-8-16/h4-8,13,15H,3,9-12,14H2,1-2H3. The molecule has 4 nitrogen and oxygen atoms in total. The first kappa shape index (κ1) is 15.8. The number of piperidine rings is 1. The van der Waals surface area contributed by atoms with Crippen molar-refractivity contribution in [2.45, 2.75) is 39.7 Å². The van der Waals surface area contributed by atoms with Gasteiger partial charge in [-0.3, -0.25) is 9.48 Å². The molecule has 122 valence electrons. The van der Waals surface area contributed by atoms with Crippen LogP contribution in [0.1, 0.15) is 48.3 Å². The van der Waals surface area contributed by atoms with E-state index in [2.05, 4.69) is 31.1 Å². The number of rotatable bonds is 4. The molecule has 1 saturated heterocycles. The average molecular weight is 311 g/mol. The van der Waals surface area contributed by atoms with Crippen molar-refractivity contribution in [2.24, 2.45) is 5.92 Å². The predicted molar refractivity (Wildman–Crippen MR) is 91.5 cm³/mol. The highest BCUT2D eigenvalue weighted by molar-refractivity contribution is 5.95. The topological polar surface area (TPSA) is 38.1 Å². The maximum atomic E-state index is 12.8. The molecule has 0 atom stereocenters. The number of hydrogen-bond donors (Lipinski definition) is 0.